The minimum atomic E-state index is -0.0149. The molecule has 2 N–H and O–H groups in total. The van der Waals surface area contributed by atoms with Crippen molar-refractivity contribution < 1.29 is 9.47 Å². The van der Waals surface area contributed by atoms with Gasteiger partial charge in [-0.15, -0.1) is 0 Å². The van der Waals surface area contributed by atoms with Crippen molar-refractivity contribution in [1.29, 1.82) is 0 Å². The summed E-state index contributed by atoms with van der Waals surface area (Å²) < 4.78 is 12.7. The van der Waals surface area contributed by atoms with E-state index in [9.17, 15) is 4.79 Å². The highest BCUT2D eigenvalue weighted by Crippen LogP contribution is 2.22. The molecule has 2 aromatic carbocycles. The summed E-state index contributed by atoms with van der Waals surface area (Å²) in [6.07, 6.45) is 2.54. The summed E-state index contributed by atoms with van der Waals surface area (Å²) >= 11 is 0. The molecule has 0 aliphatic carbocycles. The highest BCUT2D eigenvalue weighted by atomic mass is 16.5. The van der Waals surface area contributed by atoms with Gasteiger partial charge in [0.15, 0.2) is 0 Å². The standard InChI is InChI=1S/C19H20N2O3/c1-23-18-5-2-4-17-16(18)10-12-21(19(17)22)11-3-13-24-15-8-6-14(20)7-9-15/h2,4-10,12H,3,11,13,20H2,1H3. The Labute approximate surface area is 140 Å². The first-order valence-electron chi connectivity index (χ1n) is 7.83. The summed E-state index contributed by atoms with van der Waals surface area (Å²) in [5, 5.41) is 1.50. The first-order chi connectivity index (χ1) is 11.7. The van der Waals surface area contributed by atoms with E-state index in [1.807, 2.05) is 36.4 Å². The number of nitrogen functional groups attached to an aromatic ring is 1. The third-order valence-corrected chi connectivity index (χ3v) is 3.89. The molecule has 0 fully saturated rings. The van der Waals surface area contributed by atoms with Crippen LogP contribution in [0.5, 0.6) is 11.5 Å². The minimum Gasteiger partial charge on any atom is -0.496 e. The summed E-state index contributed by atoms with van der Waals surface area (Å²) in [5.74, 6) is 1.49. The Kier molecular flexibility index (Phi) is 4.70. The Hall–Kier alpha value is -2.95. The van der Waals surface area contributed by atoms with Gasteiger partial charge < -0.3 is 19.8 Å². The molecule has 0 bridgehead atoms. The topological polar surface area (TPSA) is 66.5 Å². The van der Waals surface area contributed by atoms with E-state index in [0.717, 1.165) is 17.6 Å². The number of benzene rings is 2. The predicted octanol–water partition coefficient (Wildman–Crippen LogP) is 3.06. The third-order valence-electron chi connectivity index (χ3n) is 3.89. The lowest BCUT2D eigenvalue weighted by Gasteiger charge is -2.10. The second-order valence-electron chi connectivity index (χ2n) is 5.51. The summed E-state index contributed by atoms with van der Waals surface area (Å²) in [5.41, 5.74) is 6.33. The maximum Gasteiger partial charge on any atom is 0.258 e. The number of fused-ring (bicyclic) bond motifs is 1. The molecule has 5 nitrogen and oxygen atoms in total. The van der Waals surface area contributed by atoms with Gasteiger partial charge in [-0.2, -0.15) is 0 Å². The lowest BCUT2D eigenvalue weighted by atomic mass is 10.1. The molecule has 3 rings (SSSR count). The molecule has 0 aliphatic heterocycles. The molecular weight excluding hydrogens is 304 g/mol. The van der Waals surface area contributed by atoms with Crippen LogP contribution >= 0.6 is 0 Å². The molecule has 5 heteroatoms. The van der Waals surface area contributed by atoms with Crippen LogP contribution < -0.4 is 20.8 Å². The van der Waals surface area contributed by atoms with Gasteiger partial charge in [0.2, 0.25) is 0 Å². The third kappa shape index (κ3) is 3.35. The lowest BCUT2D eigenvalue weighted by molar-refractivity contribution is 0.301. The Balaban J connectivity index is 1.66. The van der Waals surface area contributed by atoms with Gasteiger partial charge in [-0.3, -0.25) is 4.79 Å². The average Bonchev–Trinajstić information content (AvgIpc) is 2.61. The summed E-state index contributed by atoms with van der Waals surface area (Å²) in [6.45, 7) is 1.13. The highest BCUT2D eigenvalue weighted by Gasteiger charge is 2.06. The number of rotatable bonds is 6. The van der Waals surface area contributed by atoms with Crippen LogP contribution in [0.4, 0.5) is 5.69 Å². The number of methoxy groups -OCH3 is 1. The van der Waals surface area contributed by atoms with Crippen LogP contribution in [0.3, 0.4) is 0 Å². The monoisotopic (exact) mass is 324 g/mol. The molecule has 0 spiro atoms. The Morgan fingerprint density at radius 3 is 2.58 bits per heavy atom. The van der Waals surface area contributed by atoms with Crippen LogP contribution in [0.15, 0.2) is 59.5 Å². The molecule has 0 saturated carbocycles. The average molecular weight is 324 g/mol. The largest absolute Gasteiger partial charge is 0.496 e. The van der Waals surface area contributed by atoms with Gasteiger partial charge >= 0.3 is 0 Å². The molecule has 0 aliphatic rings. The van der Waals surface area contributed by atoms with Gasteiger partial charge in [0.25, 0.3) is 5.56 Å². The number of hydrogen-bond donors (Lipinski definition) is 1. The van der Waals surface area contributed by atoms with Crippen LogP contribution in [-0.2, 0) is 6.54 Å². The smallest absolute Gasteiger partial charge is 0.258 e. The van der Waals surface area contributed by atoms with Gasteiger partial charge in [0.1, 0.15) is 11.5 Å². The van der Waals surface area contributed by atoms with Crippen molar-refractivity contribution in [3.63, 3.8) is 0 Å². The molecule has 0 atom stereocenters. The molecular formula is C19H20N2O3. The SMILES string of the molecule is COc1cccc2c(=O)n(CCCOc3ccc(N)cc3)ccc12. The number of anilines is 1. The van der Waals surface area contributed by atoms with Crippen LogP contribution in [0.2, 0.25) is 0 Å². The number of hydrogen-bond acceptors (Lipinski definition) is 4. The van der Waals surface area contributed by atoms with Crippen LogP contribution in [0, 0.1) is 0 Å². The van der Waals surface area contributed by atoms with Crippen molar-refractivity contribution in [2.24, 2.45) is 0 Å². The van der Waals surface area contributed by atoms with Crippen molar-refractivity contribution >= 4 is 16.5 Å². The summed E-state index contributed by atoms with van der Waals surface area (Å²) in [6, 6.07) is 14.7. The van der Waals surface area contributed by atoms with Gasteiger partial charge in [-0.05, 0) is 48.9 Å². The zero-order valence-corrected chi connectivity index (χ0v) is 13.6. The molecule has 0 radical (unpaired) electrons. The zero-order chi connectivity index (χ0) is 16.9. The number of nitrogens with zero attached hydrogens (tertiary/aromatic N) is 1. The normalized spacial score (nSPS) is 10.7. The highest BCUT2D eigenvalue weighted by molar-refractivity contribution is 5.87. The number of aromatic nitrogens is 1. The number of pyridine rings is 1. The van der Waals surface area contributed by atoms with Crippen molar-refractivity contribution in [1.82, 2.24) is 4.57 Å². The Bertz CT molecular complexity index is 885. The van der Waals surface area contributed by atoms with Gasteiger partial charge in [-0.1, -0.05) is 6.07 Å². The number of aryl methyl sites for hydroxylation is 1. The Morgan fingerprint density at radius 2 is 1.83 bits per heavy atom. The molecule has 1 aromatic heterocycles. The van der Waals surface area contributed by atoms with E-state index in [4.69, 9.17) is 15.2 Å². The van der Waals surface area contributed by atoms with E-state index >= 15 is 0 Å². The van der Waals surface area contributed by atoms with Crippen LogP contribution in [0.1, 0.15) is 6.42 Å². The molecule has 3 aromatic rings. The van der Waals surface area contributed by atoms with E-state index in [-0.39, 0.29) is 5.56 Å². The van der Waals surface area contributed by atoms with Crippen LogP contribution in [-0.4, -0.2) is 18.3 Å². The van der Waals surface area contributed by atoms with Crippen LogP contribution in [0.25, 0.3) is 10.8 Å². The van der Waals surface area contributed by atoms with E-state index in [2.05, 4.69) is 0 Å². The first kappa shape index (κ1) is 15.9. The molecule has 0 saturated heterocycles. The molecule has 124 valence electrons. The fraction of sp³-hybridized carbons (Fsp3) is 0.211. The van der Waals surface area contributed by atoms with Gasteiger partial charge in [0.05, 0.1) is 19.1 Å². The predicted molar refractivity (Wildman–Crippen MR) is 95.7 cm³/mol. The van der Waals surface area contributed by atoms with Crippen molar-refractivity contribution in [2.45, 2.75) is 13.0 Å². The summed E-state index contributed by atoms with van der Waals surface area (Å²) in [7, 11) is 1.61. The lowest BCUT2D eigenvalue weighted by Crippen LogP contribution is -2.20. The van der Waals surface area contributed by atoms with E-state index < -0.39 is 0 Å². The minimum absolute atomic E-state index is 0.0149. The second-order valence-corrected chi connectivity index (χ2v) is 5.51. The molecule has 0 amide bonds. The van der Waals surface area contributed by atoms with Crippen molar-refractivity contribution in [3.8, 4) is 11.5 Å². The van der Waals surface area contributed by atoms with E-state index in [1.54, 1.807) is 30.0 Å². The number of ether oxygens (including phenoxy) is 2. The summed E-state index contributed by atoms with van der Waals surface area (Å²) in [4.78, 5) is 12.6. The van der Waals surface area contributed by atoms with Gasteiger partial charge in [0, 0.05) is 23.8 Å². The quantitative estimate of drug-likeness (QED) is 0.559. The van der Waals surface area contributed by atoms with Gasteiger partial charge in [-0.25, -0.2) is 0 Å². The zero-order valence-electron chi connectivity index (χ0n) is 13.6. The van der Waals surface area contributed by atoms with E-state index in [1.165, 1.54) is 0 Å². The molecule has 1 heterocycles. The fourth-order valence-electron chi connectivity index (χ4n) is 2.63. The second kappa shape index (κ2) is 7.08. The van der Waals surface area contributed by atoms with E-state index in [0.29, 0.717) is 30.0 Å². The maximum atomic E-state index is 12.6. The fourth-order valence-corrected chi connectivity index (χ4v) is 2.63. The molecule has 0 unspecified atom stereocenters. The van der Waals surface area contributed by atoms with Crippen molar-refractivity contribution in [3.05, 3.63) is 65.1 Å². The van der Waals surface area contributed by atoms with Crippen molar-refractivity contribution in [2.75, 3.05) is 19.5 Å². The first-order valence-corrected chi connectivity index (χ1v) is 7.83. The molecule has 24 heavy (non-hydrogen) atoms. The Morgan fingerprint density at radius 1 is 1.04 bits per heavy atom. The maximum absolute atomic E-state index is 12.6. The number of nitrogens with two attached hydrogens (primary N) is 1.